The molecule has 3 nitrogen and oxygen atoms in total. The van der Waals surface area contributed by atoms with E-state index in [1.807, 2.05) is 25.1 Å². The number of aromatic nitrogens is 1. The van der Waals surface area contributed by atoms with E-state index in [0.29, 0.717) is 11.4 Å². The SMILES string of the molecule is C=CCNC(=O)c1sc(CCc2ccccc2)nc1C. The molecule has 0 saturated carbocycles. The highest BCUT2D eigenvalue weighted by molar-refractivity contribution is 7.13. The van der Waals surface area contributed by atoms with Crippen LogP contribution in [0.2, 0.25) is 0 Å². The predicted molar refractivity (Wildman–Crippen MR) is 83.2 cm³/mol. The maximum Gasteiger partial charge on any atom is 0.263 e. The van der Waals surface area contributed by atoms with Crippen molar-refractivity contribution in [3.8, 4) is 0 Å². The molecular formula is C16H18N2OS. The summed E-state index contributed by atoms with van der Waals surface area (Å²) >= 11 is 1.48. The number of benzene rings is 1. The molecule has 1 aromatic carbocycles. The monoisotopic (exact) mass is 286 g/mol. The van der Waals surface area contributed by atoms with Crippen LogP contribution in [0.15, 0.2) is 43.0 Å². The number of hydrogen-bond donors (Lipinski definition) is 1. The third kappa shape index (κ3) is 3.78. The minimum atomic E-state index is -0.0640. The van der Waals surface area contributed by atoms with Crippen molar-refractivity contribution < 1.29 is 4.79 Å². The summed E-state index contributed by atoms with van der Waals surface area (Å²) in [6, 6.07) is 10.3. The molecule has 2 aromatic rings. The van der Waals surface area contributed by atoms with Gasteiger partial charge in [0.15, 0.2) is 0 Å². The Kier molecular flexibility index (Phi) is 5.07. The first-order chi connectivity index (χ1) is 9.70. The van der Waals surface area contributed by atoms with Crippen molar-refractivity contribution in [1.29, 1.82) is 0 Å². The van der Waals surface area contributed by atoms with Crippen LogP contribution < -0.4 is 5.32 Å². The molecule has 0 bridgehead atoms. The average Bonchev–Trinajstić information content (AvgIpc) is 2.85. The molecule has 1 amide bonds. The zero-order valence-corrected chi connectivity index (χ0v) is 12.4. The molecule has 0 unspecified atom stereocenters. The van der Waals surface area contributed by atoms with Crippen LogP contribution in [0.25, 0.3) is 0 Å². The van der Waals surface area contributed by atoms with Gasteiger partial charge in [0.2, 0.25) is 0 Å². The van der Waals surface area contributed by atoms with Crippen LogP contribution in [0.1, 0.15) is 25.9 Å². The van der Waals surface area contributed by atoms with E-state index in [1.54, 1.807) is 6.08 Å². The molecule has 0 aliphatic heterocycles. The van der Waals surface area contributed by atoms with Crippen LogP contribution >= 0.6 is 11.3 Å². The number of nitrogens with zero attached hydrogens (tertiary/aromatic N) is 1. The highest BCUT2D eigenvalue weighted by atomic mass is 32.1. The highest BCUT2D eigenvalue weighted by Gasteiger charge is 2.14. The summed E-state index contributed by atoms with van der Waals surface area (Å²) in [5, 5.41) is 3.80. The molecule has 20 heavy (non-hydrogen) atoms. The lowest BCUT2D eigenvalue weighted by atomic mass is 10.1. The molecule has 2 rings (SSSR count). The first-order valence-electron chi connectivity index (χ1n) is 6.60. The van der Waals surface area contributed by atoms with Crippen molar-refractivity contribution in [2.45, 2.75) is 19.8 Å². The van der Waals surface area contributed by atoms with E-state index < -0.39 is 0 Å². The summed E-state index contributed by atoms with van der Waals surface area (Å²) in [5.41, 5.74) is 2.10. The number of amides is 1. The van der Waals surface area contributed by atoms with E-state index in [9.17, 15) is 4.79 Å². The summed E-state index contributed by atoms with van der Waals surface area (Å²) in [5.74, 6) is -0.0640. The Morgan fingerprint density at radius 1 is 1.35 bits per heavy atom. The summed E-state index contributed by atoms with van der Waals surface area (Å²) in [6.07, 6.45) is 3.48. The fourth-order valence-corrected chi connectivity index (χ4v) is 2.89. The van der Waals surface area contributed by atoms with Gasteiger partial charge in [0.05, 0.1) is 10.7 Å². The molecule has 104 valence electrons. The molecule has 1 aromatic heterocycles. The van der Waals surface area contributed by atoms with Gasteiger partial charge in [0, 0.05) is 13.0 Å². The van der Waals surface area contributed by atoms with Gasteiger partial charge in [0.25, 0.3) is 5.91 Å². The van der Waals surface area contributed by atoms with Crippen LogP contribution in [-0.2, 0) is 12.8 Å². The standard InChI is InChI=1S/C16H18N2OS/c1-3-11-17-16(19)15-12(2)18-14(20-15)10-9-13-7-5-4-6-8-13/h3-8H,1,9-11H2,2H3,(H,17,19). The number of nitrogens with one attached hydrogen (secondary N) is 1. The molecule has 0 saturated heterocycles. The fraction of sp³-hybridized carbons (Fsp3) is 0.250. The second kappa shape index (κ2) is 7.01. The molecule has 4 heteroatoms. The van der Waals surface area contributed by atoms with Crippen molar-refractivity contribution >= 4 is 17.2 Å². The van der Waals surface area contributed by atoms with Crippen molar-refractivity contribution in [3.05, 3.63) is 64.1 Å². The highest BCUT2D eigenvalue weighted by Crippen LogP contribution is 2.19. The Morgan fingerprint density at radius 2 is 2.10 bits per heavy atom. The van der Waals surface area contributed by atoms with Gasteiger partial charge in [-0.05, 0) is 18.9 Å². The second-order valence-electron chi connectivity index (χ2n) is 4.51. The van der Waals surface area contributed by atoms with E-state index >= 15 is 0 Å². The van der Waals surface area contributed by atoms with Gasteiger partial charge in [-0.2, -0.15) is 0 Å². The quantitative estimate of drug-likeness (QED) is 0.829. The first kappa shape index (κ1) is 14.5. The summed E-state index contributed by atoms with van der Waals surface area (Å²) in [7, 11) is 0. The number of carbonyl (C=O) groups is 1. The van der Waals surface area contributed by atoms with Gasteiger partial charge in [-0.25, -0.2) is 4.98 Å². The van der Waals surface area contributed by atoms with Crippen molar-refractivity contribution in [2.75, 3.05) is 6.54 Å². The normalized spacial score (nSPS) is 10.2. The van der Waals surface area contributed by atoms with Crippen molar-refractivity contribution in [1.82, 2.24) is 10.3 Å². The van der Waals surface area contributed by atoms with Crippen LogP contribution in [0.5, 0.6) is 0 Å². The number of thiazole rings is 1. The van der Waals surface area contributed by atoms with E-state index in [-0.39, 0.29) is 5.91 Å². The summed E-state index contributed by atoms with van der Waals surface area (Å²) in [6.45, 7) is 5.95. The van der Waals surface area contributed by atoms with Gasteiger partial charge in [0.1, 0.15) is 4.88 Å². The van der Waals surface area contributed by atoms with Crippen molar-refractivity contribution in [2.24, 2.45) is 0 Å². The Bertz CT molecular complexity index is 590. The zero-order chi connectivity index (χ0) is 14.4. The summed E-state index contributed by atoms with van der Waals surface area (Å²) in [4.78, 5) is 17.1. The maximum atomic E-state index is 11.9. The van der Waals surface area contributed by atoms with Crippen molar-refractivity contribution in [3.63, 3.8) is 0 Å². The topological polar surface area (TPSA) is 42.0 Å². The minimum absolute atomic E-state index is 0.0640. The molecule has 0 aliphatic carbocycles. The van der Waals surface area contributed by atoms with E-state index in [4.69, 9.17) is 0 Å². The van der Waals surface area contributed by atoms with Gasteiger partial charge in [-0.15, -0.1) is 17.9 Å². The summed E-state index contributed by atoms with van der Waals surface area (Å²) < 4.78 is 0. The van der Waals surface area contributed by atoms with E-state index in [2.05, 4.69) is 29.0 Å². The van der Waals surface area contributed by atoms with Crippen LogP contribution in [0.4, 0.5) is 0 Å². The zero-order valence-electron chi connectivity index (χ0n) is 11.6. The van der Waals surface area contributed by atoms with Gasteiger partial charge in [-0.3, -0.25) is 4.79 Å². The molecular weight excluding hydrogens is 268 g/mol. The Hall–Kier alpha value is -1.94. The second-order valence-corrected chi connectivity index (χ2v) is 5.59. The fourth-order valence-electron chi connectivity index (χ4n) is 1.91. The Balaban J connectivity index is 2.00. The average molecular weight is 286 g/mol. The van der Waals surface area contributed by atoms with Crippen LogP contribution in [-0.4, -0.2) is 17.4 Å². The molecule has 1 heterocycles. The minimum Gasteiger partial charge on any atom is -0.348 e. The lowest BCUT2D eigenvalue weighted by Crippen LogP contribution is -2.22. The number of aryl methyl sites for hydroxylation is 3. The number of carbonyl (C=O) groups excluding carboxylic acids is 1. The third-order valence-corrected chi connectivity index (χ3v) is 4.14. The largest absolute Gasteiger partial charge is 0.348 e. The van der Waals surface area contributed by atoms with E-state index in [1.165, 1.54) is 16.9 Å². The molecule has 0 atom stereocenters. The van der Waals surface area contributed by atoms with Gasteiger partial charge in [-0.1, -0.05) is 36.4 Å². The number of rotatable bonds is 6. The molecule has 0 aliphatic rings. The smallest absolute Gasteiger partial charge is 0.263 e. The van der Waals surface area contributed by atoms with E-state index in [0.717, 1.165) is 23.5 Å². The van der Waals surface area contributed by atoms with Gasteiger partial charge >= 0.3 is 0 Å². The number of hydrogen-bond acceptors (Lipinski definition) is 3. The first-order valence-corrected chi connectivity index (χ1v) is 7.41. The lowest BCUT2D eigenvalue weighted by molar-refractivity contribution is 0.0961. The third-order valence-electron chi connectivity index (χ3n) is 2.92. The predicted octanol–water partition coefficient (Wildman–Crippen LogP) is 3.15. The lowest BCUT2D eigenvalue weighted by Gasteiger charge is -1.99. The Morgan fingerprint density at radius 3 is 2.80 bits per heavy atom. The maximum absolute atomic E-state index is 11.9. The van der Waals surface area contributed by atoms with Crippen LogP contribution in [0.3, 0.4) is 0 Å². The molecule has 0 radical (unpaired) electrons. The molecule has 0 fully saturated rings. The molecule has 0 spiro atoms. The Labute approximate surface area is 123 Å². The van der Waals surface area contributed by atoms with Crippen LogP contribution in [0, 0.1) is 6.92 Å². The van der Waals surface area contributed by atoms with Gasteiger partial charge < -0.3 is 5.32 Å². The molecule has 1 N–H and O–H groups in total.